The zero-order valence-electron chi connectivity index (χ0n) is 34.0. The minimum absolute atomic E-state index is 0.0704. The van der Waals surface area contributed by atoms with Crippen molar-refractivity contribution in [3.05, 3.63) is 81.4 Å². The molecule has 0 saturated carbocycles. The molecule has 0 N–H and O–H groups in total. The van der Waals surface area contributed by atoms with Crippen molar-refractivity contribution in [3.63, 3.8) is 0 Å². The number of anilines is 2. The first-order valence-electron chi connectivity index (χ1n) is 19.7. The van der Waals surface area contributed by atoms with Gasteiger partial charge in [-0.3, -0.25) is 4.79 Å². The van der Waals surface area contributed by atoms with Gasteiger partial charge >= 0.3 is 0 Å². The largest absolute Gasteiger partial charge is 0.348 e. The molecule has 2 aliphatic rings. The second-order valence-electron chi connectivity index (χ2n) is 17.7. The molecule has 0 aliphatic carbocycles. The van der Waals surface area contributed by atoms with Crippen molar-refractivity contribution in [3.8, 4) is 0 Å². The van der Waals surface area contributed by atoms with Gasteiger partial charge in [-0.1, -0.05) is 112 Å². The molecule has 2 aliphatic heterocycles. The van der Waals surface area contributed by atoms with Crippen LogP contribution in [0.5, 0.6) is 0 Å². The Labute approximate surface area is 353 Å². The Morgan fingerprint density at radius 3 is 1.37 bits per heavy atom. The van der Waals surface area contributed by atoms with Crippen LogP contribution < -0.4 is 9.80 Å². The molecule has 6 heterocycles. The van der Waals surface area contributed by atoms with Gasteiger partial charge in [0.2, 0.25) is 0 Å². The monoisotopic (exact) mass is 866 g/mol. The van der Waals surface area contributed by atoms with Crippen LogP contribution in [-0.4, -0.2) is 93.7 Å². The molecule has 6 aromatic rings. The first kappa shape index (κ1) is 41.7. The number of Topliss-reactive ketones (excluding diaryl/α,β-unsaturated/α-hetero) is 1. The summed E-state index contributed by atoms with van der Waals surface area (Å²) in [6.45, 7) is 10.4. The molecule has 0 bridgehead atoms. The number of rotatable bonds is 10. The van der Waals surface area contributed by atoms with Gasteiger partial charge in [-0.25, -0.2) is 46.9 Å². The number of benzene rings is 2. The summed E-state index contributed by atoms with van der Waals surface area (Å²) in [5, 5.41) is 18.3. The van der Waals surface area contributed by atoms with Crippen molar-refractivity contribution >= 4 is 62.9 Å². The topological polar surface area (TPSA) is 137 Å². The van der Waals surface area contributed by atoms with Crippen molar-refractivity contribution < 1.29 is 22.4 Å². The minimum atomic E-state index is -2.90. The number of hydrogen-bond acceptors (Lipinski definition) is 11. The maximum absolute atomic E-state index is 15.5. The predicted octanol–water partition coefficient (Wildman–Crippen LogP) is 8.19. The molecule has 2 unspecified atom stereocenters. The fraction of sp³-hybridized carbons (Fsp3) is 0.488. The first-order chi connectivity index (χ1) is 28.2. The number of nitrogens with zero attached hydrogens (tertiary/aromatic N) is 12. The summed E-state index contributed by atoms with van der Waals surface area (Å²) >= 11 is 13.8. The summed E-state index contributed by atoms with van der Waals surface area (Å²) in [5.41, 5.74) is 0.813. The molecule has 0 radical (unpaired) electrons. The Hall–Kier alpha value is -5.03. The number of hydrogen-bond donors (Lipinski definition) is 0. The van der Waals surface area contributed by atoms with Gasteiger partial charge in [-0.05, 0) is 23.3 Å². The quantitative estimate of drug-likeness (QED) is 0.123. The van der Waals surface area contributed by atoms with Crippen LogP contribution in [0.4, 0.5) is 29.2 Å². The molecule has 2 atom stereocenters. The second-order valence-corrected chi connectivity index (χ2v) is 18.5. The van der Waals surface area contributed by atoms with Gasteiger partial charge in [0.15, 0.2) is 39.7 Å². The summed E-state index contributed by atoms with van der Waals surface area (Å²) in [4.78, 5) is 37.7. The van der Waals surface area contributed by atoms with E-state index in [0.29, 0.717) is 32.8 Å². The Morgan fingerprint density at radius 1 is 0.650 bits per heavy atom. The molecule has 2 fully saturated rings. The normalized spacial score (nSPS) is 17.9. The van der Waals surface area contributed by atoms with Crippen LogP contribution in [0.3, 0.4) is 0 Å². The van der Waals surface area contributed by atoms with E-state index < -0.39 is 47.6 Å². The summed E-state index contributed by atoms with van der Waals surface area (Å²) in [6.07, 6.45) is -0.659. The molecule has 2 saturated heterocycles. The van der Waals surface area contributed by atoms with E-state index in [2.05, 4.69) is 20.6 Å². The molecule has 8 rings (SSSR count). The van der Waals surface area contributed by atoms with E-state index in [-0.39, 0.29) is 78.8 Å². The van der Waals surface area contributed by atoms with Crippen LogP contribution >= 0.6 is 23.2 Å². The van der Waals surface area contributed by atoms with Crippen molar-refractivity contribution in [2.24, 2.45) is 0 Å². The molecule has 0 spiro atoms. The van der Waals surface area contributed by atoms with E-state index in [4.69, 9.17) is 43.1 Å². The van der Waals surface area contributed by atoms with Crippen LogP contribution in [0, 0.1) is 0 Å². The van der Waals surface area contributed by atoms with Gasteiger partial charge in [-0.2, -0.15) is 0 Å². The third-order valence-electron chi connectivity index (χ3n) is 10.9. The summed E-state index contributed by atoms with van der Waals surface area (Å²) in [7, 11) is 0. The Morgan fingerprint density at radius 2 is 1.03 bits per heavy atom. The molecular formula is C41H44Cl2F4N12O. The SMILES string of the molecule is CC(C)(C)c1nc(N2CCC(F)(F)C2)c2nnn(CC(C(=O)C(Cn3nnc4c(N5CCC(F)(F)C5)nc(C(C)(C)C)nc43)c3ccccc3Cl)c3ccccc3Cl)c2n1. The fourth-order valence-electron chi connectivity index (χ4n) is 7.66. The van der Waals surface area contributed by atoms with Crippen molar-refractivity contribution in [1.82, 2.24) is 49.9 Å². The number of fused-ring (bicyclic) bond motifs is 2. The lowest BCUT2D eigenvalue weighted by Crippen LogP contribution is -2.29. The van der Waals surface area contributed by atoms with E-state index in [9.17, 15) is 17.6 Å². The average Bonchev–Trinajstić information content (AvgIpc) is 3.96. The van der Waals surface area contributed by atoms with E-state index in [0.717, 1.165) is 0 Å². The van der Waals surface area contributed by atoms with Gasteiger partial charge in [0.1, 0.15) is 11.6 Å². The average molecular weight is 868 g/mol. The van der Waals surface area contributed by atoms with Gasteiger partial charge in [-0.15, -0.1) is 10.2 Å². The lowest BCUT2D eigenvalue weighted by Gasteiger charge is -2.25. The van der Waals surface area contributed by atoms with Crippen LogP contribution in [0.1, 0.15) is 89.0 Å². The first-order valence-corrected chi connectivity index (χ1v) is 20.5. The highest BCUT2D eigenvalue weighted by atomic mass is 35.5. The minimum Gasteiger partial charge on any atom is -0.348 e. The third-order valence-corrected chi connectivity index (χ3v) is 11.6. The Kier molecular flexibility index (Phi) is 10.5. The van der Waals surface area contributed by atoms with E-state index in [1.165, 1.54) is 19.2 Å². The van der Waals surface area contributed by atoms with Crippen molar-refractivity contribution in [1.29, 1.82) is 0 Å². The number of aromatic nitrogens is 10. The van der Waals surface area contributed by atoms with Gasteiger partial charge in [0.25, 0.3) is 11.8 Å². The van der Waals surface area contributed by atoms with E-state index in [1.807, 2.05) is 41.5 Å². The highest BCUT2D eigenvalue weighted by Gasteiger charge is 2.42. The highest BCUT2D eigenvalue weighted by molar-refractivity contribution is 6.32. The lowest BCUT2D eigenvalue weighted by molar-refractivity contribution is -0.122. The van der Waals surface area contributed by atoms with Crippen molar-refractivity contribution in [2.75, 3.05) is 36.0 Å². The predicted molar refractivity (Wildman–Crippen MR) is 221 cm³/mol. The molecule has 4 aromatic heterocycles. The number of alkyl halides is 4. The Bertz CT molecular complexity index is 2430. The molecule has 2 aromatic carbocycles. The lowest BCUT2D eigenvalue weighted by atomic mass is 9.83. The zero-order chi connectivity index (χ0) is 42.9. The van der Waals surface area contributed by atoms with Gasteiger partial charge < -0.3 is 9.80 Å². The van der Waals surface area contributed by atoms with Crippen LogP contribution in [-0.2, 0) is 28.7 Å². The van der Waals surface area contributed by atoms with Crippen molar-refractivity contribution in [2.45, 2.75) is 102 Å². The summed E-state index contributed by atoms with van der Waals surface area (Å²) in [5.74, 6) is -6.82. The van der Waals surface area contributed by atoms with Crippen LogP contribution in [0.15, 0.2) is 48.5 Å². The smallest absolute Gasteiger partial charge is 0.266 e. The standard InChI is InChI=1S/C41H44Cl2F4N12O/c1-38(2,3)36-48-32(56-17-15-40(44,45)21-56)29-34(50-36)58(54-52-29)19-25(23-11-7-9-13-27(23)42)31(60)26(24-12-8-10-14-28(24)43)20-59-35-30(53-55-59)33(49-37(51-35)39(4,5)6)57-18-16-41(46,47)22-57/h7-14,25-26H,15-22H2,1-6H3. The molecule has 13 nitrogen and oxygen atoms in total. The Balaban J connectivity index is 1.25. The maximum atomic E-state index is 15.5. The number of halogens is 6. The highest BCUT2D eigenvalue weighted by Crippen LogP contribution is 2.39. The number of carbonyl (C=O) groups excluding carboxylic acids is 1. The molecule has 19 heteroatoms. The van der Waals surface area contributed by atoms with E-state index >= 15 is 4.79 Å². The third kappa shape index (κ3) is 8.09. The van der Waals surface area contributed by atoms with Gasteiger partial charge in [0.05, 0.1) is 38.0 Å². The molecule has 316 valence electrons. The second kappa shape index (κ2) is 15.2. The number of ketones is 1. The molecule has 0 amide bonds. The van der Waals surface area contributed by atoms with E-state index in [1.54, 1.807) is 48.5 Å². The molecule has 60 heavy (non-hydrogen) atoms. The summed E-state index contributed by atoms with van der Waals surface area (Å²) in [6, 6.07) is 13.9. The molecular weight excluding hydrogens is 823 g/mol. The fourth-order valence-corrected chi connectivity index (χ4v) is 8.20. The number of carbonyl (C=O) groups is 1. The summed E-state index contributed by atoms with van der Waals surface area (Å²) < 4.78 is 61.1. The zero-order valence-corrected chi connectivity index (χ0v) is 35.5. The van der Waals surface area contributed by atoms with Crippen LogP contribution in [0.2, 0.25) is 10.0 Å². The maximum Gasteiger partial charge on any atom is 0.266 e. The van der Waals surface area contributed by atoms with Gasteiger partial charge in [0, 0.05) is 46.8 Å². The van der Waals surface area contributed by atoms with Crippen LogP contribution in [0.25, 0.3) is 22.3 Å².